The van der Waals surface area contributed by atoms with Gasteiger partial charge in [0.15, 0.2) is 0 Å². The van der Waals surface area contributed by atoms with E-state index in [1.54, 1.807) is 0 Å². The third-order valence-electron chi connectivity index (χ3n) is 4.96. The molecule has 0 aliphatic carbocycles. The number of ether oxygens (including phenoxy) is 1. The third-order valence-corrected chi connectivity index (χ3v) is 4.96. The van der Waals surface area contributed by atoms with Crippen molar-refractivity contribution in [3.05, 3.63) is 29.6 Å². The van der Waals surface area contributed by atoms with E-state index in [0.717, 1.165) is 37.6 Å². The van der Waals surface area contributed by atoms with Gasteiger partial charge in [-0.25, -0.2) is 4.98 Å². The number of aryl methyl sites for hydroxylation is 2. The molecule has 2 saturated heterocycles. The van der Waals surface area contributed by atoms with Crippen LogP contribution in [-0.4, -0.2) is 35.9 Å². The summed E-state index contributed by atoms with van der Waals surface area (Å²) < 4.78 is 7.68. The Morgan fingerprint density at radius 1 is 1.37 bits per heavy atom. The van der Waals surface area contributed by atoms with Gasteiger partial charge in [0, 0.05) is 25.6 Å². The van der Waals surface area contributed by atoms with Crippen LogP contribution in [0.25, 0.3) is 11.0 Å². The average molecular weight is 257 g/mol. The zero-order chi connectivity index (χ0) is 13.0. The summed E-state index contributed by atoms with van der Waals surface area (Å²) in [6.45, 7) is 6.00. The molecule has 2 aromatic rings. The molecule has 0 spiro atoms. The van der Waals surface area contributed by atoms with E-state index in [1.165, 1.54) is 11.1 Å². The summed E-state index contributed by atoms with van der Waals surface area (Å²) in [6.07, 6.45) is 0. The van der Waals surface area contributed by atoms with Crippen LogP contribution in [0.3, 0.4) is 0 Å². The Hall–Kier alpha value is -1.39. The molecule has 4 nitrogen and oxygen atoms in total. The summed E-state index contributed by atoms with van der Waals surface area (Å²) in [5, 5.41) is 3.38. The molecule has 0 unspecified atom stereocenters. The van der Waals surface area contributed by atoms with Gasteiger partial charge < -0.3 is 14.6 Å². The van der Waals surface area contributed by atoms with Crippen LogP contribution >= 0.6 is 0 Å². The highest BCUT2D eigenvalue weighted by Gasteiger charge is 2.49. The number of aromatic nitrogens is 2. The van der Waals surface area contributed by atoms with Crippen LogP contribution in [-0.2, 0) is 17.2 Å². The molecule has 2 fully saturated rings. The van der Waals surface area contributed by atoms with Crippen molar-refractivity contribution in [1.29, 1.82) is 0 Å². The van der Waals surface area contributed by atoms with Crippen molar-refractivity contribution in [2.75, 3.05) is 26.3 Å². The lowest BCUT2D eigenvalue weighted by atomic mass is 9.66. The molecule has 3 heterocycles. The van der Waals surface area contributed by atoms with E-state index < -0.39 is 0 Å². The minimum absolute atomic E-state index is 0.227. The predicted molar refractivity (Wildman–Crippen MR) is 74.3 cm³/mol. The molecule has 0 bridgehead atoms. The number of rotatable bonds is 2. The summed E-state index contributed by atoms with van der Waals surface area (Å²) in [4.78, 5) is 4.65. The summed E-state index contributed by atoms with van der Waals surface area (Å²) in [7, 11) is 2.07. The number of fused-ring (bicyclic) bond motifs is 1. The van der Waals surface area contributed by atoms with Crippen LogP contribution in [0, 0.1) is 12.8 Å². The van der Waals surface area contributed by atoms with Crippen LogP contribution < -0.4 is 5.32 Å². The van der Waals surface area contributed by atoms with Gasteiger partial charge in [-0.05, 0) is 30.5 Å². The van der Waals surface area contributed by atoms with Crippen molar-refractivity contribution in [2.24, 2.45) is 13.0 Å². The second kappa shape index (κ2) is 3.81. The SMILES string of the molecule is Cc1nc2cc(C3(C4CNC4)COC3)ccc2n1C. The molecule has 4 rings (SSSR count). The van der Waals surface area contributed by atoms with E-state index >= 15 is 0 Å². The molecule has 1 N–H and O–H groups in total. The van der Waals surface area contributed by atoms with Crippen LogP contribution in [0.5, 0.6) is 0 Å². The van der Waals surface area contributed by atoms with E-state index in [-0.39, 0.29) is 5.41 Å². The van der Waals surface area contributed by atoms with Gasteiger partial charge in [-0.3, -0.25) is 0 Å². The molecule has 1 aromatic heterocycles. The summed E-state index contributed by atoms with van der Waals surface area (Å²) in [5.74, 6) is 1.78. The van der Waals surface area contributed by atoms with Gasteiger partial charge >= 0.3 is 0 Å². The number of benzene rings is 1. The van der Waals surface area contributed by atoms with Crippen molar-refractivity contribution in [2.45, 2.75) is 12.3 Å². The molecule has 0 atom stereocenters. The minimum Gasteiger partial charge on any atom is -0.379 e. The number of imidazole rings is 1. The highest BCUT2D eigenvalue weighted by Crippen LogP contribution is 2.42. The van der Waals surface area contributed by atoms with Gasteiger partial charge in [-0.15, -0.1) is 0 Å². The molecular weight excluding hydrogens is 238 g/mol. The highest BCUT2D eigenvalue weighted by molar-refractivity contribution is 5.77. The summed E-state index contributed by atoms with van der Waals surface area (Å²) in [5.41, 5.74) is 3.94. The molecule has 100 valence electrons. The molecule has 0 amide bonds. The van der Waals surface area contributed by atoms with Crippen molar-refractivity contribution in [3.8, 4) is 0 Å². The first-order chi connectivity index (χ1) is 9.21. The van der Waals surface area contributed by atoms with Crippen LogP contribution in [0.2, 0.25) is 0 Å². The van der Waals surface area contributed by atoms with E-state index in [2.05, 4.69) is 47.0 Å². The fourth-order valence-electron chi connectivity index (χ4n) is 3.27. The van der Waals surface area contributed by atoms with Crippen molar-refractivity contribution in [3.63, 3.8) is 0 Å². The lowest BCUT2D eigenvalue weighted by Crippen LogP contribution is -2.62. The monoisotopic (exact) mass is 257 g/mol. The number of nitrogens with zero attached hydrogens (tertiary/aromatic N) is 2. The number of hydrogen-bond donors (Lipinski definition) is 1. The normalized spacial score (nSPS) is 22.2. The average Bonchev–Trinajstić information content (AvgIpc) is 2.57. The molecular formula is C15H19N3O. The lowest BCUT2D eigenvalue weighted by molar-refractivity contribution is -0.101. The zero-order valence-electron chi connectivity index (χ0n) is 11.4. The fourth-order valence-corrected chi connectivity index (χ4v) is 3.27. The van der Waals surface area contributed by atoms with Crippen molar-refractivity contribution in [1.82, 2.24) is 14.9 Å². The third kappa shape index (κ3) is 1.44. The lowest BCUT2D eigenvalue weighted by Gasteiger charge is -2.51. The molecule has 2 aliphatic heterocycles. The first kappa shape index (κ1) is 11.4. The first-order valence-corrected chi connectivity index (χ1v) is 6.93. The molecule has 19 heavy (non-hydrogen) atoms. The van der Waals surface area contributed by atoms with Gasteiger partial charge in [-0.2, -0.15) is 0 Å². The van der Waals surface area contributed by atoms with Crippen LogP contribution in [0.15, 0.2) is 18.2 Å². The van der Waals surface area contributed by atoms with Gasteiger partial charge in [0.25, 0.3) is 0 Å². The Bertz CT molecular complexity index is 638. The number of hydrogen-bond acceptors (Lipinski definition) is 3. The Labute approximate surface area is 112 Å². The van der Waals surface area contributed by atoms with Crippen LogP contribution in [0.4, 0.5) is 0 Å². The van der Waals surface area contributed by atoms with E-state index in [9.17, 15) is 0 Å². The highest BCUT2D eigenvalue weighted by atomic mass is 16.5. The second-order valence-electron chi connectivity index (χ2n) is 5.93. The largest absolute Gasteiger partial charge is 0.379 e. The van der Waals surface area contributed by atoms with Gasteiger partial charge in [0.2, 0.25) is 0 Å². The standard InChI is InChI=1S/C15H19N3O/c1-10-17-13-5-11(3-4-14(13)18(10)2)15(8-19-9-15)12-6-16-7-12/h3-5,12,16H,6-9H2,1-2H3. The Balaban J connectivity index is 1.82. The van der Waals surface area contributed by atoms with Crippen molar-refractivity contribution < 1.29 is 4.74 Å². The molecule has 0 saturated carbocycles. The van der Waals surface area contributed by atoms with Crippen molar-refractivity contribution >= 4 is 11.0 Å². The summed E-state index contributed by atoms with van der Waals surface area (Å²) >= 11 is 0. The maximum Gasteiger partial charge on any atom is 0.106 e. The smallest absolute Gasteiger partial charge is 0.106 e. The summed E-state index contributed by atoms with van der Waals surface area (Å²) in [6, 6.07) is 6.74. The van der Waals surface area contributed by atoms with E-state index in [1.807, 2.05) is 0 Å². The Kier molecular flexibility index (Phi) is 2.29. The Morgan fingerprint density at radius 2 is 2.16 bits per heavy atom. The molecule has 4 heteroatoms. The predicted octanol–water partition coefficient (Wildman–Crippen LogP) is 1.37. The van der Waals surface area contributed by atoms with Crippen LogP contribution in [0.1, 0.15) is 11.4 Å². The van der Waals surface area contributed by atoms with Gasteiger partial charge in [-0.1, -0.05) is 6.07 Å². The fraction of sp³-hybridized carbons (Fsp3) is 0.533. The number of nitrogens with one attached hydrogen (secondary N) is 1. The molecule has 0 radical (unpaired) electrons. The zero-order valence-corrected chi connectivity index (χ0v) is 11.4. The minimum atomic E-state index is 0.227. The van der Waals surface area contributed by atoms with Gasteiger partial charge in [0.1, 0.15) is 5.82 Å². The molecule has 2 aliphatic rings. The van der Waals surface area contributed by atoms with E-state index in [0.29, 0.717) is 5.92 Å². The maximum absolute atomic E-state index is 5.54. The quantitative estimate of drug-likeness (QED) is 0.883. The first-order valence-electron chi connectivity index (χ1n) is 6.93. The maximum atomic E-state index is 5.54. The topological polar surface area (TPSA) is 39.1 Å². The van der Waals surface area contributed by atoms with E-state index in [4.69, 9.17) is 4.74 Å². The van der Waals surface area contributed by atoms with Gasteiger partial charge in [0.05, 0.1) is 24.2 Å². The molecule has 1 aromatic carbocycles. The Morgan fingerprint density at radius 3 is 2.74 bits per heavy atom. The second-order valence-corrected chi connectivity index (χ2v) is 5.93.